The Kier molecular flexibility index (Phi) is 3.52. The third kappa shape index (κ3) is 2.98. The number of hydrogen-bond donors (Lipinski definition) is 1. The van der Waals surface area contributed by atoms with Crippen LogP contribution in [0.25, 0.3) is 0 Å². The average molecular weight is 281 g/mol. The number of Topliss-reactive ketones (excluding diaryl/α,β-unsaturated/α-hetero) is 1. The summed E-state index contributed by atoms with van der Waals surface area (Å²) in [5.74, 6) is 0.721. The van der Waals surface area contributed by atoms with Crippen molar-refractivity contribution in [1.29, 1.82) is 0 Å². The summed E-state index contributed by atoms with van der Waals surface area (Å²) in [5, 5.41) is 0. The van der Waals surface area contributed by atoms with E-state index in [1.807, 2.05) is 42.5 Å². The Morgan fingerprint density at radius 1 is 1.10 bits per heavy atom. The molecule has 0 saturated heterocycles. The van der Waals surface area contributed by atoms with E-state index in [2.05, 4.69) is 0 Å². The van der Waals surface area contributed by atoms with Crippen LogP contribution in [0, 0.1) is 0 Å². The lowest BCUT2D eigenvalue weighted by molar-refractivity contribution is 0.0900. The number of nitrogens with two attached hydrogens (primary N) is 1. The van der Waals surface area contributed by atoms with Gasteiger partial charge in [0.05, 0.1) is 6.10 Å². The van der Waals surface area contributed by atoms with Crippen molar-refractivity contribution in [3.8, 4) is 5.75 Å². The lowest BCUT2D eigenvalue weighted by atomic mass is 9.85. The van der Waals surface area contributed by atoms with Crippen molar-refractivity contribution in [1.82, 2.24) is 0 Å². The van der Waals surface area contributed by atoms with Crippen LogP contribution < -0.4 is 10.5 Å². The third-order valence-electron chi connectivity index (χ3n) is 3.79. The molecule has 2 aromatic rings. The molecule has 1 atom stereocenters. The molecule has 0 aromatic heterocycles. The highest BCUT2D eigenvalue weighted by molar-refractivity contribution is 6.03. The molecule has 1 fully saturated rings. The first-order chi connectivity index (χ1) is 10.1. The molecule has 1 unspecified atom stereocenters. The van der Waals surface area contributed by atoms with Gasteiger partial charge in [-0.05, 0) is 49.6 Å². The predicted octanol–water partition coefficient (Wildman–Crippen LogP) is 3.28. The first kappa shape index (κ1) is 13.8. The first-order valence-electron chi connectivity index (χ1n) is 7.23. The van der Waals surface area contributed by atoms with Gasteiger partial charge in [-0.25, -0.2) is 0 Å². The van der Waals surface area contributed by atoms with E-state index in [9.17, 15) is 4.79 Å². The number of ether oxygens (including phenoxy) is 1. The van der Waals surface area contributed by atoms with Crippen LogP contribution >= 0.6 is 0 Å². The van der Waals surface area contributed by atoms with Gasteiger partial charge in [-0.3, -0.25) is 4.79 Å². The number of carbonyl (C=O) groups excluding carboxylic acids is 1. The molecule has 0 spiro atoms. The Labute approximate surface area is 124 Å². The molecule has 0 amide bonds. The summed E-state index contributed by atoms with van der Waals surface area (Å²) in [4.78, 5) is 12.6. The molecule has 3 heteroatoms. The number of ketones is 1. The molecule has 0 aliphatic heterocycles. The van der Waals surface area contributed by atoms with Crippen molar-refractivity contribution >= 4 is 5.78 Å². The zero-order valence-corrected chi connectivity index (χ0v) is 12.1. The molecule has 1 aliphatic rings. The van der Waals surface area contributed by atoms with E-state index in [0.717, 1.165) is 24.2 Å². The fraction of sp³-hybridized carbons (Fsp3) is 0.278. The molecule has 3 rings (SSSR count). The SMILES string of the molecule is CC(N)(C(=O)c1ccc(OC2CC2)cc1)c1ccccc1. The third-order valence-corrected chi connectivity index (χ3v) is 3.79. The van der Waals surface area contributed by atoms with Gasteiger partial charge in [-0.2, -0.15) is 0 Å². The lowest BCUT2D eigenvalue weighted by Gasteiger charge is -2.23. The summed E-state index contributed by atoms with van der Waals surface area (Å²) in [6.07, 6.45) is 2.60. The summed E-state index contributed by atoms with van der Waals surface area (Å²) in [6, 6.07) is 16.7. The van der Waals surface area contributed by atoms with Gasteiger partial charge in [0.15, 0.2) is 5.78 Å². The molecule has 21 heavy (non-hydrogen) atoms. The highest BCUT2D eigenvalue weighted by atomic mass is 16.5. The summed E-state index contributed by atoms with van der Waals surface area (Å²) in [5.41, 5.74) is 6.65. The maximum atomic E-state index is 12.6. The van der Waals surface area contributed by atoms with Crippen LogP contribution in [0.2, 0.25) is 0 Å². The van der Waals surface area contributed by atoms with Crippen LogP contribution in [0.4, 0.5) is 0 Å². The summed E-state index contributed by atoms with van der Waals surface area (Å²) >= 11 is 0. The van der Waals surface area contributed by atoms with Crippen molar-refractivity contribution in [3.63, 3.8) is 0 Å². The number of rotatable bonds is 5. The normalized spacial score (nSPS) is 17.0. The molecule has 108 valence electrons. The molecular weight excluding hydrogens is 262 g/mol. The van der Waals surface area contributed by atoms with Crippen molar-refractivity contribution < 1.29 is 9.53 Å². The molecule has 2 aromatic carbocycles. The van der Waals surface area contributed by atoms with Gasteiger partial charge in [0, 0.05) is 5.56 Å². The Hall–Kier alpha value is -2.13. The second kappa shape index (κ2) is 5.34. The Morgan fingerprint density at radius 2 is 1.71 bits per heavy atom. The molecule has 1 aliphatic carbocycles. The number of benzene rings is 2. The second-order valence-corrected chi connectivity index (χ2v) is 5.74. The van der Waals surface area contributed by atoms with Crippen molar-refractivity contribution in [2.24, 2.45) is 5.73 Å². The minimum absolute atomic E-state index is 0.0910. The number of hydrogen-bond acceptors (Lipinski definition) is 3. The van der Waals surface area contributed by atoms with Crippen LogP contribution in [-0.4, -0.2) is 11.9 Å². The first-order valence-corrected chi connectivity index (χ1v) is 7.23. The van der Waals surface area contributed by atoms with Crippen LogP contribution in [0.3, 0.4) is 0 Å². The van der Waals surface area contributed by atoms with Crippen LogP contribution in [0.15, 0.2) is 54.6 Å². The fourth-order valence-electron chi connectivity index (χ4n) is 2.28. The van der Waals surface area contributed by atoms with Crippen LogP contribution in [0.1, 0.15) is 35.7 Å². The van der Waals surface area contributed by atoms with E-state index in [1.54, 1.807) is 19.1 Å². The Balaban J connectivity index is 1.80. The monoisotopic (exact) mass is 281 g/mol. The lowest BCUT2D eigenvalue weighted by Crippen LogP contribution is -2.41. The van der Waals surface area contributed by atoms with Gasteiger partial charge in [0.2, 0.25) is 0 Å². The van der Waals surface area contributed by atoms with Gasteiger partial charge in [-0.15, -0.1) is 0 Å². The molecule has 0 bridgehead atoms. The van der Waals surface area contributed by atoms with Crippen molar-refractivity contribution in [3.05, 3.63) is 65.7 Å². The second-order valence-electron chi connectivity index (χ2n) is 5.74. The van der Waals surface area contributed by atoms with Gasteiger partial charge in [0.25, 0.3) is 0 Å². The topological polar surface area (TPSA) is 52.3 Å². The maximum absolute atomic E-state index is 12.6. The smallest absolute Gasteiger partial charge is 0.186 e. The molecule has 2 N–H and O–H groups in total. The molecule has 1 saturated carbocycles. The molecule has 0 radical (unpaired) electrons. The highest BCUT2D eigenvalue weighted by Crippen LogP contribution is 2.28. The summed E-state index contributed by atoms with van der Waals surface area (Å²) in [6.45, 7) is 1.75. The van der Waals surface area contributed by atoms with E-state index in [-0.39, 0.29) is 5.78 Å². The Bertz CT molecular complexity index is 628. The fourth-order valence-corrected chi connectivity index (χ4v) is 2.28. The zero-order valence-electron chi connectivity index (χ0n) is 12.1. The zero-order chi connectivity index (χ0) is 14.9. The average Bonchev–Trinajstić information content (AvgIpc) is 3.32. The van der Waals surface area contributed by atoms with Gasteiger partial charge in [-0.1, -0.05) is 30.3 Å². The van der Waals surface area contributed by atoms with Crippen LogP contribution in [0.5, 0.6) is 5.75 Å². The molecule has 3 nitrogen and oxygen atoms in total. The van der Waals surface area contributed by atoms with Gasteiger partial charge < -0.3 is 10.5 Å². The Morgan fingerprint density at radius 3 is 2.29 bits per heavy atom. The minimum atomic E-state index is -1.03. The highest BCUT2D eigenvalue weighted by Gasteiger charge is 2.31. The molecule has 0 heterocycles. The summed E-state index contributed by atoms with van der Waals surface area (Å²) in [7, 11) is 0. The van der Waals surface area contributed by atoms with Crippen LogP contribution in [-0.2, 0) is 5.54 Å². The summed E-state index contributed by atoms with van der Waals surface area (Å²) < 4.78 is 5.69. The van der Waals surface area contributed by atoms with Gasteiger partial charge >= 0.3 is 0 Å². The van der Waals surface area contributed by atoms with E-state index in [4.69, 9.17) is 10.5 Å². The molecular formula is C18H19NO2. The number of carbonyl (C=O) groups is 1. The van der Waals surface area contributed by atoms with Crippen molar-refractivity contribution in [2.75, 3.05) is 0 Å². The quantitative estimate of drug-likeness (QED) is 0.856. The van der Waals surface area contributed by atoms with E-state index in [1.165, 1.54) is 0 Å². The largest absolute Gasteiger partial charge is 0.490 e. The van der Waals surface area contributed by atoms with Gasteiger partial charge in [0.1, 0.15) is 11.3 Å². The minimum Gasteiger partial charge on any atom is -0.490 e. The van der Waals surface area contributed by atoms with E-state index < -0.39 is 5.54 Å². The predicted molar refractivity (Wildman–Crippen MR) is 82.4 cm³/mol. The van der Waals surface area contributed by atoms with E-state index in [0.29, 0.717) is 11.7 Å². The van der Waals surface area contributed by atoms with Crippen molar-refractivity contribution in [2.45, 2.75) is 31.4 Å². The maximum Gasteiger partial charge on any atom is 0.186 e. The standard InChI is InChI=1S/C18H19NO2/c1-18(19,14-5-3-2-4-6-14)17(20)13-7-9-15(10-8-13)21-16-11-12-16/h2-10,16H,11-12,19H2,1H3. The van der Waals surface area contributed by atoms with E-state index >= 15 is 0 Å².